The van der Waals surface area contributed by atoms with Gasteiger partial charge in [-0.05, 0) is 6.07 Å². The van der Waals surface area contributed by atoms with Gasteiger partial charge in [-0.2, -0.15) is 0 Å². The number of para-hydroxylation sites is 1. The lowest BCUT2D eigenvalue weighted by Crippen LogP contribution is -2.47. The molecule has 5 heteroatoms. The van der Waals surface area contributed by atoms with E-state index in [2.05, 4.69) is 0 Å². The van der Waals surface area contributed by atoms with Crippen molar-refractivity contribution in [1.82, 2.24) is 9.58 Å². The first-order chi connectivity index (χ1) is 8.11. The molecule has 3 rings (SSSR count). The molecular weight excluding hydrogens is 218 g/mol. The Bertz CT molecular complexity index is 657. The Balaban J connectivity index is 2.41. The quantitative estimate of drug-likeness (QED) is 0.408. The van der Waals surface area contributed by atoms with Crippen molar-refractivity contribution in [3.8, 4) is 0 Å². The van der Waals surface area contributed by atoms with Gasteiger partial charge in [-0.3, -0.25) is 9.59 Å². The summed E-state index contributed by atoms with van der Waals surface area (Å²) in [4.78, 5) is 23.6. The molecule has 0 radical (unpaired) electrons. The predicted octanol–water partition coefficient (Wildman–Crippen LogP) is 0.577. The van der Waals surface area contributed by atoms with Crippen molar-refractivity contribution >= 4 is 22.7 Å². The summed E-state index contributed by atoms with van der Waals surface area (Å²) in [5, 5.41) is 1.55. The molecule has 2 amide bonds. The molecule has 0 atom stereocenters. The highest BCUT2D eigenvalue weighted by molar-refractivity contribution is 6.16. The van der Waals surface area contributed by atoms with E-state index < -0.39 is 5.91 Å². The van der Waals surface area contributed by atoms with E-state index in [4.69, 9.17) is 5.84 Å². The molecular formula is C12H11N3O2. The number of benzene rings is 1. The first kappa shape index (κ1) is 10.0. The number of nitrogens with zero attached hydrogens (tertiary/aromatic N) is 2. The number of rotatable bonds is 0. The fourth-order valence-corrected chi connectivity index (χ4v) is 2.35. The summed E-state index contributed by atoms with van der Waals surface area (Å²) in [7, 11) is 1.86. The molecule has 1 aromatic heterocycles. The second-order valence-electron chi connectivity index (χ2n) is 4.14. The number of hydrazine groups is 1. The smallest absolute Gasteiger partial charge is 0.277 e. The molecule has 2 aromatic rings. The molecule has 1 aliphatic heterocycles. The van der Waals surface area contributed by atoms with Crippen LogP contribution in [0.25, 0.3) is 10.9 Å². The first-order valence-electron chi connectivity index (χ1n) is 5.29. The summed E-state index contributed by atoms with van der Waals surface area (Å²) in [6.45, 7) is 0. The molecule has 2 N–H and O–H groups in total. The summed E-state index contributed by atoms with van der Waals surface area (Å²) >= 11 is 0. The van der Waals surface area contributed by atoms with Gasteiger partial charge >= 0.3 is 0 Å². The molecule has 0 fully saturated rings. The molecule has 0 spiro atoms. The Morgan fingerprint density at radius 2 is 1.94 bits per heavy atom. The molecule has 5 nitrogen and oxygen atoms in total. The number of aryl methyl sites for hydroxylation is 1. The van der Waals surface area contributed by atoms with Crippen molar-refractivity contribution in [3.05, 3.63) is 35.5 Å². The summed E-state index contributed by atoms with van der Waals surface area (Å²) in [6.07, 6.45) is 0.169. The van der Waals surface area contributed by atoms with Gasteiger partial charge in [0.2, 0.25) is 5.91 Å². The largest absolute Gasteiger partial charge is 0.346 e. The number of hydrogen-bond acceptors (Lipinski definition) is 3. The van der Waals surface area contributed by atoms with Crippen LogP contribution in [-0.2, 0) is 18.3 Å². The van der Waals surface area contributed by atoms with Crippen LogP contribution < -0.4 is 5.84 Å². The topological polar surface area (TPSA) is 68.3 Å². The number of amides is 2. The van der Waals surface area contributed by atoms with Crippen LogP contribution in [0.1, 0.15) is 16.1 Å². The van der Waals surface area contributed by atoms with Gasteiger partial charge in [-0.1, -0.05) is 18.2 Å². The SMILES string of the molecule is Cn1c2c(c3ccccc31)C(=O)N(N)C(=O)C2. The maximum atomic E-state index is 12.0. The van der Waals surface area contributed by atoms with Crippen LogP contribution in [-0.4, -0.2) is 21.4 Å². The van der Waals surface area contributed by atoms with Crippen LogP contribution in [0.3, 0.4) is 0 Å². The lowest BCUT2D eigenvalue weighted by Gasteiger charge is -2.20. The highest BCUT2D eigenvalue weighted by Crippen LogP contribution is 2.29. The maximum absolute atomic E-state index is 12.0. The lowest BCUT2D eigenvalue weighted by molar-refractivity contribution is -0.128. The molecule has 1 aromatic carbocycles. The van der Waals surface area contributed by atoms with Gasteiger partial charge in [0, 0.05) is 23.6 Å². The third-order valence-corrected chi connectivity index (χ3v) is 3.25. The number of aromatic nitrogens is 1. The second-order valence-corrected chi connectivity index (χ2v) is 4.14. The third-order valence-electron chi connectivity index (χ3n) is 3.25. The van der Waals surface area contributed by atoms with Crippen molar-refractivity contribution in [1.29, 1.82) is 0 Å². The molecule has 17 heavy (non-hydrogen) atoms. The summed E-state index contributed by atoms with van der Waals surface area (Å²) < 4.78 is 1.88. The van der Waals surface area contributed by atoms with Crippen LogP contribution in [0, 0.1) is 0 Å². The fraction of sp³-hybridized carbons (Fsp3) is 0.167. The van der Waals surface area contributed by atoms with Crippen LogP contribution in [0.5, 0.6) is 0 Å². The van der Waals surface area contributed by atoms with E-state index in [1.165, 1.54) is 0 Å². The highest BCUT2D eigenvalue weighted by atomic mass is 16.2. The van der Waals surface area contributed by atoms with Gasteiger partial charge in [0.05, 0.1) is 12.0 Å². The van der Waals surface area contributed by atoms with E-state index >= 15 is 0 Å². The number of carbonyl (C=O) groups is 2. The Kier molecular flexibility index (Phi) is 1.88. The van der Waals surface area contributed by atoms with Gasteiger partial charge < -0.3 is 4.57 Å². The number of nitrogens with two attached hydrogens (primary N) is 1. The van der Waals surface area contributed by atoms with Crippen LogP contribution in [0.4, 0.5) is 0 Å². The van der Waals surface area contributed by atoms with E-state index in [9.17, 15) is 9.59 Å². The fourth-order valence-electron chi connectivity index (χ4n) is 2.35. The minimum absolute atomic E-state index is 0.169. The van der Waals surface area contributed by atoms with E-state index in [0.29, 0.717) is 10.6 Å². The minimum Gasteiger partial charge on any atom is -0.346 e. The van der Waals surface area contributed by atoms with Gasteiger partial charge in [0.1, 0.15) is 0 Å². The molecule has 0 aliphatic carbocycles. The Hall–Kier alpha value is -2.14. The predicted molar refractivity (Wildman–Crippen MR) is 62.0 cm³/mol. The normalized spacial score (nSPS) is 15.5. The van der Waals surface area contributed by atoms with Gasteiger partial charge in [-0.15, -0.1) is 0 Å². The summed E-state index contributed by atoms with van der Waals surface area (Å²) in [5.41, 5.74) is 2.22. The molecule has 0 saturated carbocycles. The van der Waals surface area contributed by atoms with Gasteiger partial charge in [-0.25, -0.2) is 10.9 Å². The van der Waals surface area contributed by atoms with E-state index in [-0.39, 0.29) is 12.3 Å². The monoisotopic (exact) mass is 229 g/mol. The number of imide groups is 1. The van der Waals surface area contributed by atoms with Crippen LogP contribution >= 0.6 is 0 Å². The zero-order chi connectivity index (χ0) is 12.2. The molecule has 0 bridgehead atoms. The number of carbonyl (C=O) groups excluding carboxylic acids is 2. The molecule has 86 valence electrons. The standard InChI is InChI=1S/C12H11N3O2/c1-14-8-5-3-2-4-7(8)11-9(14)6-10(16)15(13)12(11)17/h2-5H,6,13H2,1H3. The molecule has 2 heterocycles. The minimum atomic E-state index is -0.423. The first-order valence-corrected chi connectivity index (χ1v) is 5.29. The average molecular weight is 229 g/mol. The zero-order valence-electron chi connectivity index (χ0n) is 9.30. The van der Waals surface area contributed by atoms with Crippen LogP contribution in [0.15, 0.2) is 24.3 Å². The van der Waals surface area contributed by atoms with Gasteiger partial charge in [0.25, 0.3) is 5.91 Å². The third kappa shape index (κ3) is 1.17. The Morgan fingerprint density at radius 3 is 2.71 bits per heavy atom. The summed E-state index contributed by atoms with van der Waals surface area (Å²) in [6, 6.07) is 7.56. The number of hydrogen-bond donors (Lipinski definition) is 1. The van der Waals surface area contributed by atoms with Crippen molar-refractivity contribution < 1.29 is 9.59 Å². The Labute approximate surface area is 97.4 Å². The molecule has 1 aliphatic rings. The number of fused-ring (bicyclic) bond motifs is 3. The highest BCUT2D eigenvalue weighted by Gasteiger charge is 2.33. The zero-order valence-corrected chi connectivity index (χ0v) is 9.30. The molecule has 0 unspecified atom stereocenters. The maximum Gasteiger partial charge on any atom is 0.277 e. The van der Waals surface area contributed by atoms with Crippen LogP contribution in [0.2, 0.25) is 0 Å². The average Bonchev–Trinajstić information content (AvgIpc) is 2.61. The Morgan fingerprint density at radius 1 is 1.24 bits per heavy atom. The van der Waals surface area contributed by atoms with Crippen molar-refractivity contribution in [2.45, 2.75) is 6.42 Å². The van der Waals surface area contributed by atoms with E-state index in [1.54, 1.807) is 0 Å². The lowest BCUT2D eigenvalue weighted by atomic mass is 10.0. The summed E-state index contributed by atoms with van der Waals surface area (Å²) in [5.74, 6) is 4.67. The van der Waals surface area contributed by atoms with Crippen molar-refractivity contribution in [2.24, 2.45) is 12.9 Å². The van der Waals surface area contributed by atoms with E-state index in [0.717, 1.165) is 16.6 Å². The van der Waals surface area contributed by atoms with Crippen molar-refractivity contribution in [2.75, 3.05) is 0 Å². The van der Waals surface area contributed by atoms with Crippen molar-refractivity contribution in [3.63, 3.8) is 0 Å². The van der Waals surface area contributed by atoms with Gasteiger partial charge in [0.15, 0.2) is 0 Å². The molecule has 0 saturated heterocycles. The second kappa shape index (κ2) is 3.18. The van der Waals surface area contributed by atoms with E-state index in [1.807, 2.05) is 35.9 Å².